The van der Waals surface area contributed by atoms with Crippen LogP contribution in [0.4, 0.5) is 0 Å². The molecule has 0 bridgehead atoms. The first-order chi connectivity index (χ1) is 6.50. The summed E-state index contributed by atoms with van der Waals surface area (Å²) in [5, 5.41) is 8.95. The molecule has 3 N–H and O–H groups in total. The molecule has 0 fully saturated rings. The molecule has 0 unspecified atom stereocenters. The van der Waals surface area contributed by atoms with Crippen molar-refractivity contribution in [3.8, 4) is 0 Å². The summed E-state index contributed by atoms with van der Waals surface area (Å²) in [5.74, 6) is -1.06. The van der Waals surface area contributed by atoms with Crippen molar-refractivity contribution >= 4 is 5.97 Å². The second-order valence-electron chi connectivity index (χ2n) is 3.37. The zero-order valence-electron chi connectivity index (χ0n) is 8.32. The van der Waals surface area contributed by atoms with E-state index in [4.69, 9.17) is 10.8 Å². The van der Waals surface area contributed by atoms with Crippen molar-refractivity contribution in [2.75, 3.05) is 0 Å². The van der Waals surface area contributed by atoms with E-state index in [-0.39, 0.29) is 0 Å². The number of carbonyl (C=O) groups is 1. The molecular formula is C10H14N2O2. The summed E-state index contributed by atoms with van der Waals surface area (Å²) in [5.41, 5.74) is 5.60. The van der Waals surface area contributed by atoms with Gasteiger partial charge in [0.15, 0.2) is 5.54 Å². The molecule has 1 heterocycles. The maximum absolute atomic E-state index is 10.9. The number of nitrogens with zero attached hydrogens (tertiary/aromatic N) is 1. The largest absolute Gasteiger partial charge is 0.480 e. The molecule has 0 aliphatic heterocycles. The van der Waals surface area contributed by atoms with Gasteiger partial charge in [-0.2, -0.15) is 0 Å². The van der Waals surface area contributed by atoms with Gasteiger partial charge in [-0.05, 0) is 25.0 Å². The zero-order valence-corrected chi connectivity index (χ0v) is 8.32. The van der Waals surface area contributed by atoms with Crippen molar-refractivity contribution in [2.24, 2.45) is 5.73 Å². The predicted octanol–water partition coefficient (Wildman–Crippen LogP) is 0.903. The highest BCUT2D eigenvalue weighted by Gasteiger charge is 2.33. The van der Waals surface area contributed by atoms with Crippen LogP contribution in [0.25, 0.3) is 0 Å². The van der Waals surface area contributed by atoms with Crippen molar-refractivity contribution in [2.45, 2.75) is 25.8 Å². The molecule has 4 heteroatoms. The first kappa shape index (κ1) is 10.7. The zero-order chi connectivity index (χ0) is 10.8. The Morgan fingerprint density at radius 1 is 1.71 bits per heavy atom. The highest BCUT2D eigenvalue weighted by molar-refractivity contribution is 5.79. The van der Waals surface area contributed by atoms with Gasteiger partial charge in [0.25, 0.3) is 0 Å². The fourth-order valence-corrected chi connectivity index (χ4v) is 1.29. The summed E-state index contributed by atoms with van der Waals surface area (Å²) in [4.78, 5) is 15.0. The molecule has 4 nitrogen and oxygen atoms in total. The minimum absolute atomic E-state index is 0.440. The number of aryl methyl sites for hydroxylation is 1. The standard InChI is InChI=1S/C10H14N2O2/c1-3-7-5-4-6-12-8(7)10(2,11)9(13)14/h4-6H,3,11H2,1-2H3,(H,13,14)/t10-/m0/s1. The van der Waals surface area contributed by atoms with Gasteiger partial charge in [-0.3, -0.25) is 4.98 Å². The molecule has 0 aliphatic carbocycles. The highest BCUT2D eigenvalue weighted by Crippen LogP contribution is 2.19. The van der Waals surface area contributed by atoms with Crippen LogP contribution in [0.15, 0.2) is 18.3 Å². The fourth-order valence-electron chi connectivity index (χ4n) is 1.29. The summed E-state index contributed by atoms with van der Waals surface area (Å²) >= 11 is 0. The Morgan fingerprint density at radius 2 is 2.36 bits per heavy atom. The molecule has 76 valence electrons. The molecule has 0 saturated heterocycles. The van der Waals surface area contributed by atoms with Crippen LogP contribution in [0.2, 0.25) is 0 Å². The maximum atomic E-state index is 10.9. The van der Waals surface area contributed by atoms with E-state index in [1.54, 1.807) is 12.3 Å². The quantitative estimate of drug-likeness (QED) is 0.749. The third-order valence-corrected chi connectivity index (χ3v) is 2.21. The van der Waals surface area contributed by atoms with Crippen LogP contribution < -0.4 is 5.73 Å². The van der Waals surface area contributed by atoms with Gasteiger partial charge in [0.1, 0.15) is 0 Å². The number of aromatic nitrogens is 1. The lowest BCUT2D eigenvalue weighted by atomic mass is 9.93. The first-order valence-electron chi connectivity index (χ1n) is 4.46. The average molecular weight is 194 g/mol. The SMILES string of the molecule is CCc1cccnc1[C@](C)(N)C(=O)O. The van der Waals surface area contributed by atoms with Crippen LogP contribution in [0, 0.1) is 0 Å². The number of hydrogen-bond acceptors (Lipinski definition) is 3. The minimum atomic E-state index is -1.41. The molecule has 0 spiro atoms. The van der Waals surface area contributed by atoms with Crippen molar-refractivity contribution in [1.29, 1.82) is 0 Å². The Morgan fingerprint density at radius 3 is 2.86 bits per heavy atom. The van der Waals surface area contributed by atoms with Gasteiger partial charge in [-0.25, -0.2) is 4.79 Å². The predicted molar refractivity (Wildman–Crippen MR) is 52.8 cm³/mol. The number of carboxylic acid groups (broad SMARTS) is 1. The van der Waals surface area contributed by atoms with Crippen LogP contribution in [-0.4, -0.2) is 16.1 Å². The van der Waals surface area contributed by atoms with E-state index in [2.05, 4.69) is 4.98 Å². The first-order valence-corrected chi connectivity index (χ1v) is 4.46. The third kappa shape index (κ3) is 1.75. The molecule has 1 rings (SSSR count). The molecule has 14 heavy (non-hydrogen) atoms. The van der Waals surface area contributed by atoms with E-state index >= 15 is 0 Å². The van der Waals surface area contributed by atoms with Gasteiger partial charge < -0.3 is 10.8 Å². The number of carboxylic acids is 1. The van der Waals surface area contributed by atoms with Gasteiger partial charge >= 0.3 is 5.97 Å². The van der Waals surface area contributed by atoms with E-state index in [1.807, 2.05) is 13.0 Å². The molecule has 1 aromatic heterocycles. The van der Waals surface area contributed by atoms with Crippen LogP contribution in [-0.2, 0) is 16.8 Å². The van der Waals surface area contributed by atoms with E-state index < -0.39 is 11.5 Å². The van der Waals surface area contributed by atoms with E-state index in [0.29, 0.717) is 5.69 Å². The van der Waals surface area contributed by atoms with Crippen LogP contribution in [0.1, 0.15) is 25.1 Å². The molecular weight excluding hydrogens is 180 g/mol. The van der Waals surface area contributed by atoms with Crippen LogP contribution in [0.5, 0.6) is 0 Å². The Hall–Kier alpha value is -1.42. The summed E-state index contributed by atoms with van der Waals surface area (Å²) in [6.07, 6.45) is 2.28. The number of rotatable bonds is 3. The van der Waals surface area contributed by atoms with Crippen molar-refractivity contribution in [1.82, 2.24) is 4.98 Å². The van der Waals surface area contributed by atoms with Gasteiger partial charge in [-0.15, -0.1) is 0 Å². The normalized spacial score (nSPS) is 14.8. The third-order valence-electron chi connectivity index (χ3n) is 2.21. The lowest BCUT2D eigenvalue weighted by molar-refractivity contribution is -0.143. The number of nitrogens with two attached hydrogens (primary N) is 1. The fraction of sp³-hybridized carbons (Fsp3) is 0.400. The van der Waals surface area contributed by atoms with E-state index in [1.165, 1.54) is 6.92 Å². The summed E-state index contributed by atoms with van der Waals surface area (Å²) in [6, 6.07) is 3.62. The van der Waals surface area contributed by atoms with Crippen LogP contribution >= 0.6 is 0 Å². The average Bonchev–Trinajstić information content (AvgIpc) is 2.17. The smallest absolute Gasteiger partial charge is 0.329 e. The van der Waals surface area contributed by atoms with Gasteiger partial charge in [0.2, 0.25) is 0 Å². The minimum Gasteiger partial charge on any atom is -0.480 e. The van der Waals surface area contributed by atoms with E-state index in [9.17, 15) is 4.79 Å². The molecule has 1 aromatic rings. The lowest BCUT2D eigenvalue weighted by Gasteiger charge is -2.20. The van der Waals surface area contributed by atoms with E-state index in [0.717, 1.165) is 12.0 Å². The second-order valence-corrected chi connectivity index (χ2v) is 3.37. The van der Waals surface area contributed by atoms with Gasteiger partial charge in [0.05, 0.1) is 5.69 Å². The van der Waals surface area contributed by atoms with Crippen molar-refractivity contribution < 1.29 is 9.90 Å². The molecule has 1 atom stereocenters. The molecule has 0 saturated carbocycles. The van der Waals surface area contributed by atoms with Crippen LogP contribution in [0.3, 0.4) is 0 Å². The lowest BCUT2D eigenvalue weighted by Crippen LogP contribution is -2.43. The Bertz CT molecular complexity index is 348. The number of pyridine rings is 1. The molecule has 0 amide bonds. The molecule has 0 radical (unpaired) electrons. The molecule has 0 aromatic carbocycles. The Labute approximate surface area is 82.8 Å². The summed E-state index contributed by atoms with van der Waals surface area (Å²) in [6.45, 7) is 3.40. The topological polar surface area (TPSA) is 76.2 Å². The van der Waals surface area contributed by atoms with Crippen molar-refractivity contribution in [3.63, 3.8) is 0 Å². The van der Waals surface area contributed by atoms with Crippen molar-refractivity contribution in [3.05, 3.63) is 29.6 Å². The van der Waals surface area contributed by atoms with Gasteiger partial charge in [-0.1, -0.05) is 13.0 Å². The number of hydrogen-bond donors (Lipinski definition) is 2. The summed E-state index contributed by atoms with van der Waals surface area (Å²) < 4.78 is 0. The van der Waals surface area contributed by atoms with Gasteiger partial charge in [0, 0.05) is 6.20 Å². The molecule has 0 aliphatic rings. The monoisotopic (exact) mass is 194 g/mol. The Balaban J connectivity index is 3.24. The summed E-state index contributed by atoms with van der Waals surface area (Å²) in [7, 11) is 0. The maximum Gasteiger partial charge on any atom is 0.329 e. The highest BCUT2D eigenvalue weighted by atomic mass is 16.4. The Kier molecular flexibility index (Phi) is 2.86. The number of aliphatic carboxylic acids is 1. The second kappa shape index (κ2) is 3.75.